The van der Waals surface area contributed by atoms with E-state index in [0.717, 1.165) is 13.0 Å². The maximum atomic E-state index is 5.74. The second kappa shape index (κ2) is 4.48. The average Bonchev–Trinajstić information content (AvgIpc) is 2.31. The molecule has 0 amide bonds. The van der Waals surface area contributed by atoms with Crippen LogP contribution in [0.15, 0.2) is 24.3 Å². The Morgan fingerprint density at radius 2 is 2.33 bits per heavy atom. The molecule has 2 heteroatoms. The summed E-state index contributed by atoms with van der Waals surface area (Å²) in [4.78, 5) is 0. The van der Waals surface area contributed by atoms with E-state index in [1.165, 1.54) is 11.1 Å². The van der Waals surface area contributed by atoms with Gasteiger partial charge >= 0.3 is 0 Å². The lowest BCUT2D eigenvalue weighted by molar-refractivity contribution is 0.0299. The topological polar surface area (TPSA) is 21.3 Å². The Balaban J connectivity index is 2.34. The molecule has 0 radical (unpaired) electrons. The molecule has 2 rings (SSSR count). The average molecular weight is 201 g/mol. The molecule has 2 unspecified atom stereocenters. The number of likely N-dealkylation sites (N-methyl/N-ethyl adjacent to an activating group) is 1. The molecule has 0 aromatic heterocycles. The summed E-state index contributed by atoms with van der Waals surface area (Å²) in [6.07, 6.45) is 6.45. The fourth-order valence-corrected chi connectivity index (χ4v) is 2.02. The molecule has 0 fully saturated rings. The van der Waals surface area contributed by atoms with Crippen molar-refractivity contribution in [1.29, 1.82) is 0 Å². The Morgan fingerprint density at radius 1 is 1.53 bits per heavy atom. The van der Waals surface area contributed by atoms with E-state index in [0.29, 0.717) is 0 Å². The standard InChI is InChI=1S/C13H15NO/c1-3-12(14-2)13-11-7-5-4-6-10(11)8-9-15-13/h1,4-7,12-14H,8-9H2,2H3. The van der Waals surface area contributed by atoms with Crippen molar-refractivity contribution < 1.29 is 4.74 Å². The van der Waals surface area contributed by atoms with Crippen molar-refractivity contribution in [2.24, 2.45) is 0 Å². The van der Waals surface area contributed by atoms with Crippen molar-refractivity contribution in [2.45, 2.75) is 18.6 Å². The number of ether oxygens (including phenoxy) is 1. The molecule has 0 aliphatic carbocycles. The molecular formula is C13H15NO. The molecule has 0 saturated carbocycles. The van der Waals surface area contributed by atoms with Crippen molar-refractivity contribution in [1.82, 2.24) is 5.32 Å². The highest BCUT2D eigenvalue weighted by atomic mass is 16.5. The van der Waals surface area contributed by atoms with E-state index in [9.17, 15) is 0 Å². The molecule has 1 aromatic rings. The first kappa shape index (κ1) is 10.2. The zero-order valence-corrected chi connectivity index (χ0v) is 8.86. The Kier molecular flexibility index (Phi) is 3.05. The first-order valence-electron chi connectivity index (χ1n) is 5.19. The zero-order chi connectivity index (χ0) is 10.7. The van der Waals surface area contributed by atoms with E-state index >= 15 is 0 Å². The van der Waals surface area contributed by atoms with Gasteiger partial charge in [-0.05, 0) is 24.6 Å². The van der Waals surface area contributed by atoms with Gasteiger partial charge in [0.05, 0.1) is 12.6 Å². The SMILES string of the molecule is C#CC(NC)C1OCCc2ccccc21. The van der Waals surface area contributed by atoms with Crippen molar-refractivity contribution in [2.75, 3.05) is 13.7 Å². The van der Waals surface area contributed by atoms with Gasteiger partial charge in [-0.15, -0.1) is 6.42 Å². The van der Waals surface area contributed by atoms with E-state index < -0.39 is 0 Å². The summed E-state index contributed by atoms with van der Waals surface area (Å²) < 4.78 is 5.74. The molecule has 1 heterocycles. The summed E-state index contributed by atoms with van der Waals surface area (Å²) in [7, 11) is 1.87. The number of fused-ring (bicyclic) bond motifs is 1. The maximum Gasteiger partial charge on any atom is 0.109 e. The third-order valence-corrected chi connectivity index (χ3v) is 2.82. The van der Waals surface area contributed by atoms with E-state index in [1.807, 2.05) is 13.1 Å². The normalized spacial score (nSPS) is 21.5. The highest BCUT2D eigenvalue weighted by molar-refractivity contribution is 5.33. The molecule has 15 heavy (non-hydrogen) atoms. The van der Waals surface area contributed by atoms with Gasteiger partial charge in [0.1, 0.15) is 6.10 Å². The van der Waals surface area contributed by atoms with E-state index in [1.54, 1.807) is 0 Å². The van der Waals surface area contributed by atoms with Gasteiger partial charge in [-0.3, -0.25) is 0 Å². The van der Waals surface area contributed by atoms with E-state index in [-0.39, 0.29) is 12.1 Å². The molecule has 2 nitrogen and oxygen atoms in total. The number of nitrogens with one attached hydrogen (secondary N) is 1. The summed E-state index contributed by atoms with van der Waals surface area (Å²) in [5.74, 6) is 2.73. The van der Waals surface area contributed by atoms with Crippen LogP contribution in [0.4, 0.5) is 0 Å². The summed E-state index contributed by atoms with van der Waals surface area (Å²) in [6, 6.07) is 8.29. The predicted molar refractivity (Wildman–Crippen MR) is 60.5 cm³/mol. The van der Waals surface area contributed by atoms with Crippen LogP contribution in [0.1, 0.15) is 17.2 Å². The minimum atomic E-state index is -0.0496. The summed E-state index contributed by atoms with van der Waals surface area (Å²) in [6.45, 7) is 0.752. The molecular weight excluding hydrogens is 186 g/mol. The lowest BCUT2D eigenvalue weighted by Crippen LogP contribution is -2.35. The molecule has 1 aliphatic heterocycles. The first-order chi connectivity index (χ1) is 7.36. The lowest BCUT2D eigenvalue weighted by Gasteiger charge is -2.29. The van der Waals surface area contributed by atoms with Crippen LogP contribution in [0.5, 0.6) is 0 Å². The summed E-state index contributed by atoms with van der Waals surface area (Å²) >= 11 is 0. The number of hydrogen-bond acceptors (Lipinski definition) is 2. The summed E-state index contributed by atoms with van der Waals surface area (Å²) in [5.41, 5.74) is 2.57. The minimum Gasteiger partial charge on any atom is -0.370 e. The molecule has 2 atom stereocenters. The third kappa shape index (κ3) is 1.90. The Hall–Kier alpha value is -1.30. The monoisotopic (exact) mass is 201 g/mol. The third-order valence-electron chi connectivity index (χ3n) is 2.82. The Bertz CT molecular complexity index is 380. The number of terminal acetylenes is 1. The zero-order valence-electron chi connectivity index (χ0n) is 8.86. The molecule has 1 aromatic carbocycles. The van der Waals surface area contributed by atoms with E-state index in [2.05, 4.69) is 29.4 Å². The van der Waals surface area contributed by atoms with Crippen LogP contribution in [0.2, 0.25) is 0 Å². The van der Waals surface area contributed by atoms with Crippen LogP contribution >= 0.6 is 0 Å². The highest BCUT2D eigenvalue weighted by Gasteiger charge is 2.26. The first-order valence-corrected chi connectivity index (χ1v) is 5.19. The second-order valence-electron chi connectivity index (χ2n) is 3.67. The summed E-state index contributed by atoms with van der Waals surface area (Å²) in [5, 5.41) is 3.10. The van der Waals surface area contributed by atoms with Crippen LogP contribution in [-0.4, -0.2) is 19.7 Å². The van der Waals surface area contributed by atoms with Gasteiger partial charge < -0.3 is 10.1 Å². The molecule has 0 saturated heterocycles. The predicted octanol–water partition coefficient (Wildman–Crippen LogP) is 1.52. The minimum absolute atomic E-state index is 0.00931. The lowest BCUT2D eigenvalue weighted by atomic mass is 9.93. The van der Waals surface area contributed by atoms with Gasteiger partial charge in [0.2, 0.25) is 0 Å². The molecule has 78 valence electrons. The fraction of sp³-hybridized carbons (Fsp3) is 0.385. The maximum absolute atomic E-state index is 5.74. The highest BCUT2D eigenvalue weighted by Crippen LogP contribution is 2.29. The number of hydrogen-bond donors (Lipinski definition) is 1. The smallest absolute Gasteiger partial charge is 0.109 e. The van der Waals surface area contributed by atoms with Gasteiger partial charge in [-0.1, -0.05) is 30.2 Å². The molecule has 1 aliphatic rings. The van der Waals surface area contributed by atoms with Crippen molar-refractivity contribution in [3.05, 3.63) is 35.4 Å². The quantitative estimate of drug-likeness (QED) is 0.732. The van der Waals surface area contributed by atoms with Gasteiger partial charge in [-0.25, -0.2) is 0 Å². The van der Waals surface area contributed by atoms with Crippen LogP contribution in [0.25, 0.3) is 0 Å². The van der Waals surface area contributed by atoms with Crippen molar-refractivity contribution in [3.8, 4) is 12.3 Å². The van der Waals surface area contributed by atoms with Crippen LogP contribution in [0.3, 0.4) is 0 Å². The van der Waals surface area contributed by atoms with Crippen molar-refractivity contribution in [3.63, 3.8) is 0 Å². The van der Waals surface area contributed by atoms with Gasteiger partial charge in [-0.2, -0.15) is 0 Å². The Morgan fingerprint density at radius 3 is 3.07 bits per heavy atom. The van der Waals surface area contributed by atoms with Gasteiger partial charge in [0, 0.05) is 0 Å². The van der Waals surface area contributed by atoms with Gasteiger partial charge in [0.15, 0.2) is 0 Å². The molecule has 1 N–H and O–H groups in total. The molecule has 0 bridgehead atoms. The number of rotatable bonds is 2. The fourth-order valence-electron chi connectivity index (χ4n) is 2.02. The number of benzene rings is 1. The van der Waals surface area contributed by atoms with Crippen molar-refractivity contribution >= 4 is 0 Å². The van der Waals surface area contributed by atoms with Crippen LogP contribution in [0, 0.1) is 12.3 Å². The Labute approximate surface area is 90.6 Å². The van der Waals surface area contributed by atoms with Crippen LogP contribution < -0.4 is 5.32 Å². The molecule has 0 spiro atoms. The largest absolute Gasteiger partial charge is 0.370 e. The van der Waals surface area contributed by atoms with Crippen LogP contribution in [-0.2, 0) is 11.2 Å². The van der Waals surface area contributed by atoms with E-state index in [4.69, 9.17) is 11.2 Å². The van der Waals surface area contributed by atoms with Gasteiger partial charge in [0.25, 0.3) is 0 Å². The second-order valence-corrected chi connectivity index (χ2v) is 3.67.